The first-order valence-electron chi connectivity index (χ1n) is 13.5. The summed E-state index contributed by atoms with van der Waals surface area (Å²) in [7, 11) is 0. The van der Waals surface area contributed by atoms with Crippen molar-refractivity contribution in [2.45, 2.75) is 77.5 Å². The van der Waals surface area contributed by atoms with Crippen LogP contribution in [0.3, 0.4) is 0 Å². The number of benzene rings is 2. The fourth-order valence-electron chi connectivity index (χ4n) is 4.25. The van der Waals surface area contributed by atoms with Crippen LogP contribution in [0.5, 0.6) is 0 Å². The lowest BCUT2D eigenvalue weighted by atomic mass is 10.0. The molecule has 0 spiro atoms. The average Bonchev–Trinajstić information content (AvgIpc) is 2.91. The minimum Gasteiger partial charge on any atom is -0.350 e. The minimum atomic E-state index is -0.883. The van der Waals surface area contributed by atoms with Gasteiger partial charge in [0.2, 0.25) is 23.6 Å². The van der Waals surface area contributed by atoms with Crippen LogP contribution in [0.15, 0.2) is 54.6 Å². The van der Waals surface area contributed by atoms with E-state index in [0.29, 0.717) is 19.4 Å². The largest absolute Gasteiger partial charge is 0.350 e. The first-order chi connectivity index (χ1) is 18.7. The van der Waals surface area contributed by atoms with E-state index in [0.717, 1.165) is 23.1 Å². The number of amides is 4. The van der Waals surface area contributed by atoms with Gasteiger partial charge in [0.1, 0.15) is 18.1 Å². The van der Waals surface area contributed by atoms with Gasteiger partial charge in [0, 0.05) is 31.4 Å². The number of carbonyl (C=O) groups excluding carboxylic acids is 4. The van der Waals surface area contributed by atoms with E-state index >= 15 is 0 Å². The van der Waals surface area contributed by atoms with Crippen LogP contribution in [0, 0.1) is 17.8 Å². The topological polar surface area (TPSA) is 116 Å². The van der Waals surface area contributed by atoms with E-state index in [4.69, 9.17) is 0 Å². The van der Waals surface area contributed by atoms with E-state index in [1.165, 1.54) is 0 Å². The molecule has 2 aromatic rings. The molecule has 3 rings (SSSR count). The van der Waals surface area contributed by atoms with Crippen molar-refractivity contribution in [3.05, 3.63) is 71.3 Å². The third kappa shape index (κ3) is 9.60. The van der Waals surface area contributed by atoms with Gasteiger partial charge in [0.25, 0.3) is 0 Å². The van der Waals surface area contributed by atoms with Gasteiger partial charge in [0.05, 0.1) is 0 Å². The Morgan fingerprint density at radius 3 is 2.38 bits per heavy atom. The number of rotatable bonds is 3. The quantitative estimate of drug-likeness (QED) is 0.457. The maximum absolute atomic E-state index is 13.4. The van der Waals surface area contributed by atoms with Crippen LogP contribution in [0.25, 0.3) is 0 Å². The first-order valence-corrected chi connectivity index (χ1v) is 13.5. The number of fused-ring (bicyclic) bond motifs is 2. The molecule has 0 aliphatic carbocycles. The van der Waals surface area contributed by atoms with E-state index in [2.05, 4.69) is 33.1 Å². The van der Waals surface area contributed by atoms with E-state index in [-0.39, 0.29) is 30.6 Å². The molecule has 1 aliphatic rings. The molecule has 3 atom stereocenters. The molecule has 0 aromatic heterocycles. The van der Waals surface area contributed by atoms with Crippen LogP contribution in [0.2, 0.25) is 0 Å². The zero-order valence-corrected chi connectivity index (χ0v) is 22.9. The maximum atomic E-state index is 13.4. The van der Waals surface area contributed by atoms with Gasteiger partial charge >= 0.3 is 0 Å². The lowest BCUT2D eigenvalue weighted by Gasteiger charge is -2.26. The smallest absolute Gasteiger partial charge is 0.243 e. The Morgan fingerprint density at radius 2 is 1.64 bits per heavy atom. The van der Waals surface area contributed by atoms with Crippen LogP contribution in [0.4, 0.5) is 0 Å². The summed E-state index contributed by atoms with van der Waals surface area (Å²) in [5, 5.41) is 11.2. The maximum Gasteiger partial charge on any atom is 0.243 e. The van der Waals surface area contributed by atoms with Crippen molar-refractivity contribution >= 4 is 23.6 Å². The van der Waals surface area contributed by atoms with Crippen molar-refractivity contribution < 1.29 is 19.2 Å². The number of nitrogens with one attached hydrogen (secondary N) is 4. The van der Waals surface area contributed by atoms with Gasteiger partial charge in [-0.1, -0.05) is 68.2 Å². The predicted molar refractivity (Wildman–Crippen MR) is 150 cm³/mol. The number of hydrogen-bond donors (Lipinski definition) is 4. The van der Waals surface area contributed by atoms with Crippen LogP contribution < -0.4 is 21.3 Å². The zero-order chi connectivity index (χ0) is 28.2. The van der Waals surface area contributed by atoms with Crippen LogP contribution >= 0.6 is 0 Å². The molecule has 8 heteroatoms. The molecular weight excluding hydrogens is 492 g/mol. The van der Waals surface area contributed by atoms with E-state index in [9.17, 15) is 19.2 Å². The molecule has 0 radical (unpaired) electrons. The molecule has 0 saturated heterocycles. The Kier molecular flexibility index (Phi) is 11.1. The van der Waals surface area contributed by atoms with Gasteiger partial charge in [-0.2, -0.15) is 0 Å². The average molecular weight is 531 g/mol. The zero-order valence-electron chi connectivity index (χ0n) is 22.9. The molecule has 4 amide bonds. The first kappa shape index (κ1) is 29.4. The highest BCUT2D eigenvalue weighted by molar-refractivity contribution is 5.94. The highest BCUT2D eigenvalue weighted by atomic mass is 16.2. The Bertz CT molecular complexity index is 1220. The van der Waals surface area contributed by atoms with Crippen LogP contribution in [0.1, 0.15) is 63.1 Å². The summed E-state index contributed by atoms with van der Waals surface area (Å²) in [5.74, 6) is 4.55. The SMILES string of the molecule is CC(C)[C@@H]1NC(=O)[C@H](Cc2ccccc2)NC(=O)CCCCC#Cc2cccc(c2)CNC(=O)[C@H](C)NC1=O. The number of carbonyl (C=O) groups is 4. The summed E-state index contributed by atoms with van der Waals surface area (Å²) in [5.41, 5.74) is 2.63. The van der Waals surface area contributed by atoms with Gasteiger partial charge in [-0.15, -0.1) is 0 Å². The van der Waals surface area contributed by atoms with Gasteiger partial charge in [-0.3, -0.25) is 19.2 Å². The monoisotopic (exact) mass is 530 g/mol. The van der Waals surface area contributed by atoms with Crippen molar-refractivity contribution in [2.75, 3.05) is 0 Å². The summed E-state index contributed by atoms with van der Waals surface area (Å²) < 4.78 is 0. The van der Waals surface area contributed by atoms with E-state index in [1.54, 1.807) is 6.92 Å². The molecule has 0 fully saturated rings. The van der Waals surface area contributed by atoms with Gasteiger partial charge in [-0.05, 0) is 48.9 Å². The Hall–Kier alpha value is -4.12. The molecule has 1 heterocycles. The second-order valence-electron chi connectivity index (χ2n) is 10.2. The summed E-state index contributed by atoms with van der Waals surface area (Å²) in [6, 6.07) is 14.5. The molecule has 0 saturated carbocycles. The van der Waals surface area contributed by atoms with Crippen molar-refractivity contribution in [1.29, 1.82) is 0 Å². The van der Waals surface area contributed by atoms with E-state index in [1.807, 2.05) is 68.4 Å². The molecule has 0 unspecified atom stereocenters. The second-order valence-corrected chi connectivity index (χ2v) is 10.2. The van der Waals surface area contributed by atoms with Crippen molar-refractivity contribution in [1.82, 2.24) is 21.3 Å². The second kappa shape index (κ2) is 14.7. The summed E-state index contributed by atoms with van der Waals surface area (Å²) in [6.45, 7) is 5.53. The Balaban J connectivity index is 1.82. The molecule has 39 heavy (non-hydrogen) atoms. The third-order valence-corrected chi connectivity index (χ3v) is 6.52. The van der Waals surface area contributed by atoms with Gasteiger partial charge in [0.15, 0.2) is 0 Å². The van der Waals surface area contributed by atoms with Crippen molar-refractivity contribution in [3.63, 3.8) is 0 Å². The molecular formula is C31H38N4O4. The highest BCUT2D eigenvalue weighted by Gasteiger charge is 2.30. The van der Waals surface area contributed by atoms with Crippen LogP contribution in [-0.2, 0) is 32.1 Å². The lowest BCUT2D eigenvalue weighted by molar-refractivity contribution is -0.134. The normalized spacial score (nSPS) is 21.8. The standard InChI is InChI=1S/C31H38N4O4/c1-21(2)28-31(39)33-22(3)29(37)32-20-25-16-11-15-23(18-25)12-7-4-5-10-17-27(36)34-26(30(38)35-28)19-24-13-8-6-9-14-24/h6,8-9,11,13-16,18,21-22,26,28H,4-5,10,17,19-20H2,1-3H3,(H,32,37)(H,33,39)(H,34,36)(H,35,38)/t22-,26-,28-/m0/s1. The van der Waals surface area contributed by atoms with Gasteiger partial charge < -0.3 is 21.3 Å². The van der Waals surface area contributed by atoms with E-state index < -0.39 is 29.9 Å². The summed E-state index contributed by atoms with van der Waals surface area (Å²) in [4.78, 5) is 52.0. The van der Waals surface area contributed by atoms with Crippen molar-refractivity contribution in [3.8, 4) is 11.8 Å². The minimum absolute atomic E-state index is 0.228. The molecule has 8 nitrogen and oxygen atoms in total. The highest BCUT2D eigenvalue weighted by Crippen LogP contribution is 2.09. The van der Waals surface area contributed by atoms with Crippen molar-refractivity contribution in [2.24, 2.45) is 5.92 Å². The third-order valence-electron chi connectivity index (χ3n) is 6.52. The fraction of sp³-hybridized carbons (Fsp3) is 0.419. The Labute approximate surface area is 230 Å². The van der Waals surface area contributed by atoms with Gasteiger partial charge in [-0.25, -0.2) is 0 Å². The predicted octanol–water partition coefficient (Wildman–Crippen LogP) is 2.60. The molecule has 4 N–H and O–H groups in total. The molecule has 1 aliphatic heterocycles. The van der Waals surface area contributed by atoms with Crippen LogP contribution in [-0.4, -0.2) is 41.8 Å². The number of hydrogen-bond acceptors (Lipinski definition) is 4. The molecule has 2 bridgehead atoms. The Morgan fingerprint density at radius 1 is 0.872 bits per heavy atom. The molecule has 2 aromatic carbocycles. The molecule has 206 valence electrons. The summed E-state index contributed by atoms with van der Waals surface area (Å²) >= 11 is 0. The summed E-state index contributed by atoms with van der Waals surface area (Å²) in [6.07, 6.45) is 2.59. The lowest BCUT2D eigenvalue weighted by Crippen LogP contribution is -2.58. The fourth-order valence-corrected chi connectivity index (χ4v) is 4.25.